The normalized spacial score (nSPS) is 17.2. The first-order valence-corrected chi connectivity index (χ1v) is 7.85. The first-order chi connectivity index (χ1) is 11.4. The Kier molecular flexibility index (Phi) is 4.49. The number of fused-ring (bicyclic) bond motifs is 1. The lowest BCUT2D eigenvalue weighted by Crippen LogP contribution is -2.43. The molecule has 0 N–H and O–H groups in total. The summed E-state index contributed by atoms with van der Waals surface area (Å²) in [5, 5.41) is 0. The number of rotatable bonds is 2. The van der Waals surface area contributed by atoms with Crippen LogP contribution in [0.2, 0.25) is 0 Å². The smallest absolute Gasteiger partial charge is 0.334 e. The number of amides is 1. The van der Waals surface area contributed by atoms with Gasteiger partial charge in [0.15, 0.2) is 0 Å². The maximum Gasteiger partial charge on any atom is 0.471 e. The van der Waals surface area contributed by atoms with Gasteiger partial charge in [0, 0.05) is 33.2 Å². The van der Waals surface area contributed by atoms with Crippen LogP contribution in [0.5, 0.6) is 0 Å². The molecule has 0 aliphatic carbocycles. The van der Waals surface area contributed by atoms with Crippen molar-refractivity contribution < 1.29 is 18.0 Å². The Bertz CT molecular complexity index is 740. The molecular weight excluding hydrogens is 321 g/mol. The summed E-state index contributed by atoms with van der Waals surface area (Å²) in [6.07, 6.45) is -4.28. The quantitative estimate of drug-likeness (QED) is 0.841. The van der Waals surface area contributed by atoms with E-state index in [9.17, 15) is 18.0 Å². The second-order valence-corrected chi connectivity index (χ2v) is 6.00. The number of carbonyl (C=O) groups excluding carboxylic acids is 1. The number of alkyl halides is 3. The highest BCUT2D eigenvalue weighted by Crippen LogP contribution is 2.20. The number of imidazole rings is 1. The number of halogens is 3. The highest BCUT2D eigenvalue weighted by molar-refractivity contribution is 5.81. The fourth-order valence-electron chi connectivity index (χ4n) is 3.05. The molecule has 0 radical (unpaired) electrons. The molecule has 0 unspecified atom stereocenters. The number of benzene rings is 1. The van der Waals surface area contributed by atoms with Gasteiger partial charge < -0.3 is 9.47 Å². The largest absolute Gasteiger partial charge is 0.471 e. The van der Waals surface area contributed by atoms with Crippen molar-refractivity contribution in [3.63, 3.8) is 0 Å². The molecule has 0 saturated carbocycles. The summed E-state index contributed by atoms with van der Waals surface area (Å²) in [5.41, 5.74) is 1.93. The number of nitrogens with zero attached hydrogens (tertiary/aromatic N) is 4. The van der Waals surface area contributed by atoms with E-state index in [4.69, 9.17) is 0 Å². The molecule has 1 fully saturated rings. The predicted octanol–water partition coefficient (Wildman–Crippen LogP) is 2.17. The van der Waals surface area contributed by atoms with Crippen molar-refractivity contribution in [1.29, 1.82) is 0 Å². The Labute approximate surface area is 137 Å². The molecule has 3 rings (SSSR count). The third kappa shape index (κ3) is 3.38. The number of carbonyl (C=O) groups is 1. The van der Waals surface area contributed by atoms with E-state index in [-0.39, 0.29) is 13.1 Å². The molecule has 1 aromatic heterocycles. The van der Waals surface area contributed by atoms with Crippen molar-refractivity contribution in [2.24, 2.45) is 7.05 Å². The summed E-state index contributed by atoms with van der Waals surface area (Å²) >= 11 is 0. The van der Waals surface area contributed by atoms with Crippen LogP contribution in [-0.2, 0) is 18.4 Å². The number of aryl methyl sites for hydroxylation is 1. The van der Waals surface area contributed by atoms with Gasteiger partial charge in [0.2, 0.25) is 0 Å². The minimum Gasteiger partial charge on any atom is -0.334 e. The summed E-state index contributed by atoms with van der Waals surface area (Å²) in [4.78, 5) is 18.9. The van der Waals surface area contributed by atoms with Gasteiger partial charge in [-0.2, -0.15) is 13.2 Å². The molecule has 1 aromatic carbocycles. The lowest BCUT2D eigenvalue weighted by Gasteiger charge is -2.22. The fraction of sp³-hybridized carbons (Fsp3) is 0.500. The third-order valence-corrected chi connectivity index (χ3v) is 4.36. The molecule has 0 spiro atoms. The van der Waals surface area contributed by atoms with E-state index in [2.05, 4.69) is 4.98 Å². The van der Waals surface area contributed by atoms with Crippen LogP contribution in [0.25, 0.3) is 11.0 Å². The van der Waals surface area contributed by atoms with Crippen molar-refractivity contribution >= 4 is 16.9 Å². The van der Waals surface area contributed by atoms with Gasteiger partial charge in [0.25, 0.3) is 0 Å². The maximum atomic E-state index is 12.6. The van der Waals surface area contributed by atoms with Crippen molar-refractivity contribution in [2.75, 3.05) is 26.2 Å². The van der Waals surface area contributed by atoms with Gasteiger partial charge in [0.05, 0.1) is 17.6 Å². The molecule has 0 bridgehead atoms. The van der Waals surface area contributed by atoms with Crippen molar-refractivity contribution in [3.05, 3.63) is 30.1 Å². The highest BCUT2D eigenvalue weighted by atomic mass is 19.4. The van der Waals surface area contributed by atoms with Gasteiger partial charge in [-0.3, -0.25) is 9.69 Å². The van der Waals surface area contributed by atoms with Gasteiger partial charge in [-0.05, 0) is 18.6 Å². The number of hydrogen-bond acceptors (Lipinski definition) is 3. The molecule has 130 valence electrons. The van der Waals surface area contributed by atoms with E-state index in [1.807, 2.05) is 40.8 Å². The van der Waals surface area contributed by atoms with Crippen LogP contribution in [0.3, 0.4) is 0 Å². The van der Waals surface area contributed by atoms with Crippen LogP contribution < -0.4 is 0 Å². The minimum atomic E-state index is -4.80. The van der Waals surface area contributed by atoms with E-state index < -0.39 is 12.1 Å². The molecule has 2 aromatic rings. The molecule has 1 aliphatic heterocycles. The van der Waals surface area contributed by atoms with E-state index in [1.165, 1.54) is 0 Å². The van der Waals surface area contributed by atoms with E-state index >= 15 is 0 Å². The summed E-state index contributed by atoms with van der Waals surface area (Å²) in [5.74, 6) is -0.876. The number of hydrogen-bond donors (Lipinski definition) is 0. The lowest BCUT2D eigenvalue weighted by molar-refractivity contribution is -0.185. The van der Waals surface area contributed by atoms with Crippen LogP contribution in [0.15, 0.2) is 24.3 Å². The van der Waals surface area contributed by atoms with Crippen LogP contribution in [-0.4, -0.2) is 57.6 Å². The van der Waals surface area contributed by atoms with E-state index in [1.54, 1.807) is 0 Å². The average molecular weight is 340 g/mol. The van der Waals surface area contributed by atoms with Gasteiger partial charge in [-0.1, -0.05) is 12.1 Å². The number of para-hydroxylation sites is 2. The summed E-state index contributed by atoms with van der Waals surface area (Å²) < 4.78 is 39.7. The molecule has 0 atom stereocenters. The second-order valence-electron chi connectivity index (χ2n) is 6.00. The van der Waals surface area contributed by atoms with Gasteiger partial charge >= 0.3 is 12.1 Å². The summed E-state index contributed by atoms with van der Waals surface area (Å²) in [7, 11) is 1.93. The molecule has 1 aliphatic rings. The Balaban J connectivity index is 1.68. The zero-order chi connectivity index (χ0) is 17.3. The molecule has 1 amide bonds. The van der Waals surface area contributed by atoms with Crippen LogP contribution in [0.4, 0.5) is 13.2 Å². The standard InChI is InChI=1S/C16H19F3N4O/c1-21-13-6-3-2-5-12(13)20-14(21)11-22-7-4-8-23(10-9-22)15(24)16(17,18)19/h2-3,5-6H,4,7-11H2,1H3. The third-order valence-electron chi connectivity index (χ3n) is 4.36. The van der Waals surface area contributed by atoms with Gasteiger partial charge in [-0.15, -0.1) is 0 Å². The fourth-order valence-corrected chi connectivity index (χ4v) is 3.05. The zero-order valence-electron chi connectivity index (χ0n) is 13.4. The Morgan fingerprint density at radius 3 is 2.62 bits per heavy atom. The van der Waals surface area contributed by atoms with Crippen LogP contribution in [0.1, 0.15) is 12.2 Å². The lowest BCUT2D eigenvalue weighted by atomic mass is 10.3. The highest BCUT2D eigenvalue weighted by Gasteiger charge is 2.42. The van der Waals surface area contributed by atoms with Crippen LogP contribution >= 0.6 is 0 Å². The second kappa shape index (κ2) is 6.43. The topological polar surface area (TPSA) is 41.4 Å². The molecule has 5 nitrogen and oxygen atoms in total. The Hall–Kier alpha value is -2.09. The molecule has 1 saturated heterocycles. The summed E-state index contributed by atoms with van der Waals surface area (Å²) in [6, 6.07) is 7.79. The maximum absolute atomic E-state index is 12.6. The molecule has 2 heterocycles. The minimum absolute atomic E-state index is 0.0856. The first kappa shape index (κ1) is 16.8. The van der Waals surface area contributed by atoms with E-state index in [0.717, 1.165) is 21.8 Å². The van der Waals surface area contributed by atoms with Crippen LogP contribution in [0, 0.1) is 0 Å². The summed E-state index contributed by atoms with van der Waals surface area (Å²) in [6.45, 7) is 1.83. The SMILES string of the molecule is Cn1c(CN2CCCN(C(=O)C(F)(F)F)CC2)nc2ccccc21. The van der Waals surface area contributed by atoms with Gasteiger partial charge in [-0.25, -0.2) is 4.98 Å². The monoisotopic (exact) mass is 340 g/mol. The Morgan fingerprint density at radius 2 is 1.92 bits per heavy atom. The first-order valence-electron chi connectivity index (χ1n) is 7.85. The van der Waals surface area contributed by atoms with Crippen molar-refractivity contribution in [2.45, 2.75) is 19.1 Å². The predicted molar refractivity (Wildman–Crippen MR) is 83.2 cm³/mol. The Morgan fingerprint density at radius 1 is 1.17 bits per heavy atom. The van der Waals surface area contributed by atoms with Gasteiger partial charge in [0.1, 0.15) is 5.82 Å². The molecule has 8 heteroatoms. The van der Waals surface area contributed by atoms with Crippen molar-refractivity contribution in [3.8, 4) is 0 Å². The van der Waals surface area contributed by atoms with E-state index in [0.29, 0.717) is 26.1 Å². The average Bonchev–Trinajstić information content (AvgIpc) is 2.71. The molecule has 24 heavy (non-hydrogen) atoms. The molecular formula is C16H19F3N4O. The number of aromatic nitrogens is 2. The zero-order valence-corrected chi connectivity index (χ0v) is 13.4. The van der Waals surface area contributed by atoms with Crippen molar-refractivity contribution in [1.82, 2.24) is 19.4 Å².